The van der Waals surface area contributed by atoms with Crippen molar-refractivity contribution in [3.8, 4) is 0 Å². The third-order valence-electron chi connectivity index (χ3n) is 2.24. The molecule has 0 aliphatic carbocycles. The van der Waals surface area contributed by atoms with E-state index in [-0.39, 0.29) is 0 Å². The largest absolute Gasteiger partial charge is 0.253 e. The zero-order valence-electron chi connectivity index (χ0n) is 9.94. The van der Waals surface area contributed by atoms with E-state index in [4.69, 9.17) is 13.0 Å². The van der Waals surface area contributed by atoms with Gasteiger partial charge in [-0.3, -0.25) is 4.99 Å². The van der Waals surface area contributed by atoms with E-state index in [1.165, 1.54) is 0 Å². The van der Waals surface area contributed by atoms with Crippen molar-refractivity contribution in [2.45, 2.75) is 6.92 Å². The Morgan fingerprint density at radius 1 is 1.12 bits per heavy atom. The van der Waals surface area contributed by atoms with Gasteiger partial charge < -0.3 is 0 Å². The van der Waals surface area contributed by atoms with Crippen LogP contribution >= 0.6 is 11.6 Å². The number of aliphatic imine (C=N–C) groups is 1. The minimum absolute atomic E-state index is 0.431. The molecule has 2 heteroatoms. The van der Waals surface area contributed by atoms with E-state index in [0.29, 0.717) is 16.8 Å². The molecule has 0 saturated heterocycles. The molecule has 0 bridgehead atoms. The number of nitrogens with zero attached hydrogens (tertiary/aromatic N) is 1. The Morgan fingerprint density at radius 2 is 1.88 bits per heavy atom. The van der Waals surface area contributed by atoms with Crippen molar-refractivity contribution in [3.05, 3.63) is 65.2 Å². The molecular formula is C14H12ClN. The number of hydrogen-bond donors (Lipinski definition) is 0. The fraction of sp³-hybridized carbons (Fsp3) is 0.0714. The van der Waals surface area contributed by atoms with Crippen LogP contribution in [-0.2, 0) is 0 Å². The van der Waals surface area contributed by atoms with Crippen molar-refractivity contribution in [1.82, 2.24) is 0 Å². The van der Waals surface area contributed by atoms with Crippen LogP contribution in [0.2, 0.25) is 5.02 Å². The van der Waals surface area contributed by atoms with Crippen LogP contribution < -0.4 is 0 Å². The predicted molar refractivity (Wildman–Crippen MR) is 69.8 cm³/mol. The van der Waals surface area contributed by atoms with Gasteiger partial charge in [0.25, 0.3) is 0 Å². The fourth-order valence-electron chi connectivity index (χ4n) is 1.39. The van der Waals surface area contributed by atoms with Gasteiger partial charge in [0.2, 0.25) is 0 Å². The second-order valence-corrected chi connectivity index (χ2v) is 3.89. The van der Waals surface area contributed by atoms with Crippen LogP contribution in [0, 0.1) is 0 Å². The zero-order valence-corrected chi connectivity index (χ0v) is 9.70. The van der Waals surface area contributed by atoms with Gasteiger partial charge in [-0.2, -0.15) is 0 Å². The molecule has 0 heterocycles. The molecular weight excluding hydrogens is 218 g/mol. The van der Waals surface area contributed by atoms with Gasteiger partial charge in [0, 0.05) is 10.7 Å². The molecule has 0 atom stereocenters. The molecule has 16 heavy (non-hydrogen) atoms. The first-order valence-corrected chi connectivity index (χ1v) is 5.41. The minimum atomic E-state index is 0.431. The number of halogens is 1. The summed E-state index contributed by atoms with van der Waals surface area (Å²) in [5.41, 5.74) is 2.57. The predicted octanol–water partition coefficient (Wildman–Crippen LogP) is 4.48. The highest BCUT2D eigenvalue weighted by Crippen LogP contribution is 2.15. The Morgan fingerprint density at radius 3 is 2.56 bits per heavy atom. The maximum Gasteiger partial charge on any atom is 0.0646 e. The van der Waals surface area contributed by atoms with Crippen LogP contribution in [0.1, 0.15) is 13.9 Å². The highest BCUT2D eigenvalue weighted by molar-refractivity contribution is 6.30. The van der Waals surface area contributed by atoms with Gasteiger partial charge in [-0.25, -0.2) is 0 Å². The summed E-state index contributed by atoms with van der Waals surface area (Å²) in [5, 5.41) is 0.711. The molecule has 0 aromatic heterocycles. The van der Waals surface area contributed by atoms with Gasteiger partial charge >= 0.3 is 0 Å². The van der Waals surface area contributed by atoms with Crippen molar-refractivity contribution in [3.63, 3.8) is 0 Å². The Hall–Kier alpha value is -1.60. The summed E-state index contributed by atoms with van der Waals surface area (Å²) >= 11 is 5.83. The molecule has 0 radical (unpaired) electrons. The smallest absolute Gasteiger partial charge is 0.0646 e. The van der Waals surface area contributed by atoms with E-state index < -0.39 is 0 Å². The van der Waals surface area contributed by atoms with E-state index in [1.807, 2.05) is 49.4 Å². The van der Waals surface area contributed by atoms with Gasteiger partial charge in [0.1, 0.15) is 0 Å². The van der Waals surface area contributed by atoms with Gasteiger partial charge in [0.15, 0.2) is 0 Å². The Labute approximate surface area is 102 Å². The molecule has 0 N–H and O–H groups in total. The summed E-state index contributed by atoms with van der Waals surface area (Å²) < 4.78 is 7.73. The van der Waals surface area contributed by atoms with Gasteiger partial charge in [-0.1, -0.05) is 41.9 Å². The SMILES string of the molecule is [2H]c1ccccc1/N=C(\C)c1ccc(Cl)cc1. The Kier molecular flexibility index (Phi) is 2.97. The second kappa shape index (κ2) is 4.95. The molecule has 2 aromatic rings. The van der Waals surface area contributed by atoms with Crippen LogP contribution in [0.15, 0.2) is 59.6 Å². The second-order valence-electron chi connectivity index (χ2n) is 3.45. The molecule has 0 unspecified atom stereocenters. The van der Waals surface area contributed by atoms with Crippen LogP contribution in [0.3, 0.4) is 0 Å². The first kappa shape index (κ1) is 9.61. The van der Waals surface area contributed by atoms with Crippen molar-refractivity contribution >= 4 is 23.0 Å². The van der Waals surface area contributed by atoms with Crippen LogP contribution in [0.25, 0.3) is 0 Å². The lowest BCUT2D eigenvalue weighted by atomic mass is 10.1. The monoisotopic (exact) mass is 230 g/mol. The van der Waals surface area contributed by atoms with Gasteiger partial charge in [0.05, 0.1) is 7.06 Å². The Balaban J connectivity index is 2.34. The summed E-state index contributed by atoms with van der Waals surface area (Å²) in [7, 11) is 0. The normalized spacial score (nSPS) is 12.4. The molecule has 0 saturated carbocycles. The lowest BCUT2D eigenvalue weighted by Gasteiger charge is -2.01. The Bertz CT molecular complexity index is 546. The average Bonchev–Trinajstić information content (AvgIpc) is 2.33. The minimum Gasteiger partial charge on any atom is -0.253 e. The van der Waals surface area contributed by atoms with Crippen molar-refractivity contribution < 1.29 is 1.37 Å². The molecule has 0 amide bonds. The molecule has 0 aliphatic heterocycles. The van der Waals surface area contributed by atoms with Crippen molar-refractivity contribution in [1.29, 1.82) is 0 Å². The lowest BCUT2D eigenvalue weighted by Crippen LogP contribution is -1.92. The van der Waals surface area contributed by atoms with Gasteiger partial charge in [-0.15, -0.1) is 0 Å². The highest BCUT2D eigenvalue weighted by atomic mass is 35.5. The topological polar surface area (TPSA) is 12.4 Å². The molecule has 0 aliphatic rings. The standard InChI is InChI=1S/C14H12ClN/c1-11(12-7-9-13(15)10-8-12)16-14-5-3-2-4-6-14/h2-10H,1H3/b16-11+/i5D. The molecule has 1 nitrogen and oxygen atoms in total. The van der Waals surface area contributed by atoms with Crippen LogP contribution in [-0.4, -0.2) is 5.71 Å². The van der Waals surface area contributed by atoms with Crippen molar-refractivity contribution in [2.24, 2.45) is 4.99 Å². The third-order valence-corrected chi connectivity index (χ3v) is 2.49. The summed E-state index contributed by atoms with van der Waals surface area (Å²) in [5.74, 6) is 0. The molecule has 0 spiro atoms. The number of para-hydroxylation sites is 1. The van der Waals surface area contributed by atoms with E-state index in [1.54, 1.807) is 6.07 Å². The maximum atomic E-state index is 7.73. The first-order valence-electron chi connectivity index (χ1n) is 5.53. The maximum absolute atomic E-state index is 7.73. The summed E-state index contributed by atoms with van der Waals surface area (Å²) in [6.45, 7) is 1.93. The van der Waals surface area contributed by atoms with Crippen LogP contribution in [0.4, 0.5) is 5.69 Å². The summed E-state index contributed by atoms with van der Waals surface area (Å²) in [6, 6.07) is 15.2. The molecule has 2 rings (SSSR count). The fourth-order valence-corrected chi connectivity index (χ4v) is 1.52. The number of rotatable bonds is 2. The zero-order chi connectivity index (χ0) is 12.3. The molecule has 2 aromatic carbocycles. The van der Waals surface area contributed by atoms with E-state index in [0.717, 1.165) is 11.3 Å². The van der Waals surface area contributed by atoms with Crippen LogP contribution in [0.5, 0.6) is 0 Å². The lowest BCUT2D eigenvalue weighted by molar-refractivity contribution is 1.47. The van der Waals surface area contributed by atoms with E-state index >= 15 is 0 Å². The third kappa shape index (κ3) is 2.71. The average molecular weight is 231 g/mol. The summed E-state index contributed by atoms with van der Waals surface area (Å²) in [4.78, 5) is 4.44. The highest BCUT2D eigenvalue weighted by Gasteiger charge is 1.97. The number of hydrogen-bond acceptors (Lipinski definition) is 1. The molecule has 0 fully saturated rings. The van der Waals surface area contributed by atoms with Gasteiger partial charge in [-0.05, 0) is 36.7 Å². The van der Waals surface area contributed by atoms with E-state index in [9.17, 15) is 0 Å². The number of benzene rings is 2. The molecule has 80 valence electrons. The summed E-state index contributed by atoms with van der Waals surface area (Å²) in [6.07, 6.45) is 0. The quantitative estimate of drug-likeness (QED) is 0.675. The van der Waals surface area contributed by atoms with E-state index in [2.05, 4.69) is 4.99 Å². The van der Waals surface area contributed by atoms with Crippen molar-refractivity contribution in [2.75, 3.05) is 0 Å². The first-order chi connectivity index (χ1) is 8.16.